The molecular formula is C12H15NO. The van der Waals surface area contributed by atoms with Gasteiger partial charge in [-0.3, -0.25) is 4.79 Å². The molecule has 0 aliphatic rings. The smallest absolute Gasteiger partial charge is 0.244 e. The Bertz CT molecular complexity index is 303. The summed E-state index contributed by atoms with van der Waals surface area (Å²) in [6, 6.07) is 9.64. The first-order valence-corrected chi connectivity index (χ1v) is 4.21. The Morgan fingerprint density at radius 2 is 1.71 bits per heavy atom. The summed E-state index contributed by atoms with van der Waals surface area (Å²) in [6.45, 7) is 9.57. The van der Waals surface area contributed by atoms with Crippen molar-refractivity contribution in [2.75, 3.05) is 0 Å². The quantitative estimate of drug-likeness (QED) is 0.574. The van der Waals surface area contributed by atoms with Gasteiger partial charge < -0.3 is 5.73 Å². The van der Waals surface area contributed by atoms with E-state index in [9.17, 15) is 4.79 Å². The average molecular weight is 189 g/mol. The molecule has 0 bridgehead atoms. The molecule has 14 heavy (non-hydrogen) atoms. The van der Waals surface area contributed by atoms with Crippen LogP contribution < -0.4 is 5.73 Å². The van der Waals surface area contributed by atoms with Gasteiger partial charge in [-0.05, 0) is 5.56 Å². The van der Waals surface area contributed by atoms with Crippen molar-refractivity contribution in [3.63, 3.8) is 0 Å². The molecule has 0 saturated heterocycles. The first kappa shape index (κ1) is 12.2. The molecule has 1 rings (SSSR count). The highest BCUT2D eigenvalue weighted by molar-refractivity contribution is 5.91. The highest BCUT2D eigenvalue weighted by atomic mass is 16.1. The van der Waals surface area contributed by atoms with Crippen molar-refractivity contribution in [1.29, 1.82) is 0 Å². The van der Waals surface area contributed by atoms with Crippen LogP contribution in [0.2, 0.25) is 0 Å². The average Bonchev–Trinajstić information content (AvgIpc) is 2.22. The zero-order chi connectivity index (χ0) is 11.0. The Kier molecular flexibility index (Phi) is 5.79. The summed E-state index contributed by atoms with van der Waals surface area (Å²) in [5.74, 6) is -0.432. The van der Waals surface area contributed by atoms with Crippen LogP contribution in [0.1, 0.15) is 5.56 Å². The second-order valence-electron chi connectivity index (χ2n) is 2.63. The van der Waals surface area contributed by atoms with Crippen LogP contribution in [0, 0.1) is 0 Å². The van der Waals surface area contributed by atoms with Gasteiger partial charge in [0.05, 0.1) is 0 Å². The van der Waals surface area contributed by atoms with Crippen LogP contribution in [0.3, 0.4) is 0 Å². The van der Waals surface area contributed by atoms with Crippen LogP contribution in [-0.4, -0.2) is 5.91 Å². The van der Waals surface area contributed by atoms with Crippen molar-refractivity contribution >= 4 is 5.91 Å². The number of nitrogens with two attached hydrogens (primary N) is 1. The van der Waals surface area contributed by atoms with E-state index in [0.29, 0.717) is 12.0 Å². The van der Waals surface area contributed by atoms with E-state index in [1.165, 1.54) is 0 Å². The van der Waals surface area contributed by atoms with Gasteiger partial charge in [0.1, 0.15) is 0 Å². The molecule has 0 saturated carbocycles. The molecule has 0 unspecified atom stereocenters. The van der Waals surface area contributed by atoms with Gasteiger partial charge in [-0.25, -0.2) is 0 Å². The first-order valence-electron chi connectivity index (χ1n) is 4.21. The molecule has 0 aliphatic carbocycles. The molecule has 0 spiro atoms. The summed E-state index contributed by atoms with van der Waals surface area (Å²) in [4.78, 5) is 10.6. The maximum atomic E-state index is 10.6. The molecule has 1 amide bonds. The molecule has 2 nitrogen and oxygen atoms in total. The van der Waals surface area contributed by atoms with E-state index in [2.05, 4.69) is 19.7 Å². The fraction of sp³-hybridized carbons (Fsp3) is 0.0833. The van der Waals surface area contributed by atoms with Gasteiger partial charge in [-0.1, -0.05) is 36.9 Å². The zero-order valence-electron chi connectivity index (χ0n) is 8.20. The van der Waals surface area contributed by atoms with E-state index in [4.69, 9.17) is 5.73 Å². The summed E-state index contributed by atoms with van der Waals surface area (Å²) in [5.41, 5.74) is 6.55. The molecular weight excluding hydrogens is 174 g/mol. The molecule has 0 aliphatic heterocycles. The minimum absolute atomic E-state index is 0.432. The summed E-state index contributed by atoms with van der Waals surface area (Å²) in [5, 5.41) is 0. The Morgan fingerprint density at radius 3 is 2.14 bits per heavy atom. The largest absolute Gasteiger partial charge is 0.366 e. The van der Waals surface area contributed by atoms with Crippen LogP contribution in [0.5, 0.6) is 0 Å². The van der Waals surface area contributed by atoms with Crippen molar-refractivity contribution in [3.8, 4) is 0 Å². The minimum Gasteiger partial charge on any atom is -0.366 e. The van der Waals surface area contributed by atoms with E-state index in [1.54, 1.807) is 0 Å². The fourth-order valence-electron chi connectivity index (χ4n) is 0.929. The van der Waals surface area contributed by atoms with Gasteiger partial charge in [0.25, 0.3) is 0 Å². The monoisotopic (exact) mass is 189 g/mol. The van der Waals surface area contributed by atoms with Crippen molar-refractivity contribution in [2.45, 2.75) is 6.42 Å². The topological polar surface area (TPSA) is 43.1 Å². The molecule has 0 atom stereocenters. The van der Waals surface area contributed by atoms with Gasteiger partial charge in [0.2, 0.25) is 5.91 Å². The Morgan fingerprint density at radius 1 is 1.21 bits per heavy atom. The highest BCUT2D eigenvalue weighted by Crippen LogP contribution is 2.04. The Labute approximate surface area is 84.7 Å². The summed E-state index contributed by atoms with van der Waals surface area (Å²) in [6.07, 6.45) is 0.538. The maximum Gasteiger partial charge on any atom is 0.244 e. The normalized spacial score (nSPS) is 8.29. The third-order valence-electron chi connectivity index (χ3n) is 1.61. The van der Waals surface area contributed by atoms with Gasteiger partial charge >= 0.3 is 0 Å². The second kappa shape index (κ2) is 6.66. The Hall–Kier alpha value is -1.83. The lowest BCUT2D eigenvalue weighted by Crippen LogP contribution is -2.14. The predicted octanol–water partition coefficient (Wildman–Crippen LogP) is 2.07. The predicted molar refractivity (Wildman–Crippen MR) is 59.7 cm³/mol. The standard InChI is InChI=1S/C10H11NO.C2H4/c1-8(10(11)12)7-9-5-3-2-4-6-9;1-2/h2-6H,1,7H2,(H2,11,12);1-2H2. The second-order valence-corrected chi connectivity index (χ2v) is 2.63. The van der Waals surface area contributed by atoms with Gasteiger partial charge in [-0.2, -0.15) is 0 Å². The SMILES string of the molecule is C=C.C=C(Cc1ccccc1)C(N)=O. The zero-order valence-corrected chi connectivity index (χ0v) is 8.20. The number of benzene rings is 1. The first-order chi connectivity index (χ1) is 6.70. The summed E-state index contributed by atoms with van der Waals surface area (Å²) >= 11 is 0. The molecule has 1 aromatic carbocycles. The van der Waals surface area contributed by atoms with Gasteiger partial charge in [0.15, 0.2) is 0 Å². The Balaban J connectivity index is 0.000000791. The molecule has 0 heterocycles. The lowest BCUT2D eigenvalue weighted by Gasteiger charge is -2.00. The van der Waals surface area contributed by atoms with Gasteiger partial charge in [0, 0.05) is 12.0 Å². The fourth-order valence-corrected chi connectivity index (χ4v) is 0.929. The van der Waals surface area contributed by atoms with Crippen molar-refractivity contribution < 1.29 is 4.79 Å². The molecule has 0 radical (unpaired) electrons. The van der Waals surface area contributed by atoms with Crippen LogP contribution in [-0.2, 0) is 11.2 Å². The summed E-state index contributed by atoms with van der Waals surface area (Å²) < 4.78 is 0. The van der Waals surface area contributed by atoms with Crippen LogP contribution >= 0.6 is 0 Å². The third-order valence-corrected chi connectivity index (χ3v) is 1.61. The van der Waals surface area contributed by atoms with E-state index >= 15 is 0 Å². The number of hydrogen-bond donors (Lipinski definition) is 1. The van der Waals surface area contributed by atoms with Gasteiger partial charge in [-0.15, -0.1) is 13.2 Å². The lowest BCUT2D eigenvalue weighted by atomic mass is 10.1. The van der Waals surface area contributed by atoms with Crippen molar-refractivity contribution in [3.05, 3.63) is 61.2 Å². The number of carbonyl (C=O) groups excluding carboxylic acids is 1. The van der Waals surface area contributed by atoms with E-state index in [0.717, 1.165) is 5.56 Å². The van der Waals surface area contributed by atoms with Crippen molar-refractivity contribution in [1.82, 2.24) is 0 Å². The van der Waals surface area contributed by atoms with Crippen molar-refractivity contribution in [2.24, 2.45) is 5.73 Å². The number of primary amides is 1. The number of rotatable bonds is 3. The number of hydrogen-bond acceptors (Lipinski definition) is 1. The molecule has 0 fully saturated rings. The molecule has 2 heteroatoms. The molecule has 74 valence electrons. The van der Waals surface area contributed by atoms with Crippen LogP contribution in [0.25, 0.3) is 0 Å². The maximum absolute atomic E-state index is 10.6. The van der Waals surface area contributed by atoms with E-state index in [1.807, 2.05) is 30.3 Å². The molecule has 1 aromatic rings. The van der Waals surface area contributed by atoms with E-state index < -0.39 is 5.91 Å². The minimum atomic E-state index is -0.432. The molecule has 0 aromatic heterocycles. The third kappa shape index (κ3) is 4.26. The van der Waals surface area contributed by atoms with Crippen LogP contribution in [0.15, 0.2) is 55.6 Å². The number of amides is 1. The molecule has 2 N–H and O–H groups in total. The highest BCUT2D eigenvalue weighted by Gasteiger charge is 2.01. The summed E-state index contributed by atoms with van der Waals surface area (Å²) in [7, 11) is 0. The van der Waals surface area contributed by atoms with E-state index in [-0.39, 0.29) is 0 Å². The lowest BCUT2D eigenvalue weighted by molar-refractivity contribution is -0.114. The van der Waals surface area contributed by atoms with Crippen LogP contribution in [0.4, 0.5) is 0 Å². The number of carbonyl (C=O) groups is 1.